The van der Waals surface area contributed by atoms with Crippen LogP contribution >= 0.6 is 0 Å². The smallest absolute Gasteiger partial charge is 0.404 e. The summed E-state index contributed by atoms with van der Waals surface area (Å²) in [5.74, 6) is 1.05. The van der Waals surface area contributed by atoms with Crippen LogP contribution in [0.3, 0.4) is 0 Å². The van der Waals surface area contributed by atoms with Crippen molar-refractivity contribution in [3.8, 4) is 0 Å². The standard InChI is InChI=1S/C20H28BNO3.C5H11N.C2H6/c1-13(23)22-18(10-14-8-6-5-7-9-14)21-24-17-12-15-11-16(19(15,2)3)20(17,4)25-21;1-2-4-6-5-3-1;1-2/h5-9,15-18H,10-12H2,1-4H3,(H,22,23);6H,1-5H2;1-2H3/t15?,16?,17-,18?,20+;;/m1../s1. The molecule has 6 heteroatoms. The first-order valence-corrected chi connectivity index (χ1v) is 13.2. The van der Waals surface area contributed by atoms with Crippen LogP contribution in [0, 0.1) is 17.3 Å². The summed E-state index contributed by atoms with van der Waals surface area (Å²) >= 11 is 0. The van der Waals surface area contributed by atoms with E-state index in [1.54, 1.807) is 6.92 Å². The van der Waals surface area contributed by atoms with Crippen molar-refractivity contribution in [1.82, 2.24) is 10.6 Å². The Morgan fingerprint density at radius 2 is 1.79 bits per heavy atom. The van der Waals surface area contributed by atoms with Crippen molar-refractivity contribution < 1.29 is 14.1 Å². The number of nitrogens with one attached hydrogen (secondary N) is 2. The zero-order valence-electron chi connectivity index (χ0n) is 21.7. The Morgan fingerprint density at radius 1 is 1.12 bits per heavy atom. The molecule has 0 aromatic heterocycles. The third kappa shape index (κ3) is 5.83. The Hall–Kier alpha value is -1.37. The van der Waals surface area contributed by atoms with E-state index in [4.69, 9.17) is 9.31 Å². The number of carbonyl (C=O) groups is 1. The van der Waals surface area contributed by atoms with Gasteiger partial charge in [0, 0.05) is 6.92 Å². The molecule has 1 aromatic rings. The van der Waals surface area contributed by atoms with E-state index in [2.05, 4.69) is 43.5 Å². The van der Waals surface area contributed by atoms with E-state index in [-0.39, 0.29) is 30.7 Å². The van der Waals surface area contributed by atoms with E-state index >= 15 is 0 Å². The Kier molecular flexibility index (Phi) is 9.05. The molecule has 0 spiro atoms. The molecule has 3 unspecified atom stereocenters. The van der Waals surface area contributed by atoms with Gasteiger partial charge in [0.25, 0.3) is 0 Å². The molecule has 5 aliphatic rings. The van der Waals surface area contributed by atoms with E-state index in [1.807, 2.05) is 32.0 Å². The van der Waals surface area contributed by atoms with E-state index in [0.717, 1.165) is 12.3 Å². The highest BCUT2D eigenvalue weighted by atomic mass is 16.7. The number of hydrogen-bond donors (Lipinski definition) is 2. The quantitative estimate of drug-likeness (QED) is 0.640. The van der Waals surface area contributed by atoms with Gasteiger partial charge in [0.05, 0.1) is 17.6 Å². The molecule has 2 saturated heterocycles. The lowest BCUT2D eigenvalue weighted by atomic mass is 9.43. The van der Waals surface area contributed by atoms with Crippen LogP contribution in [0.5, 0.6) is 0 Å². The summed E-state index contributed by atoms with van der Waals surface area (Å²) in [7, 11) is -0.380. The number of carbonyl (C=O) groups excluding carboxylic acids is 1. The minimum atomic E-state index is -0.380. The molecular formula is C27H45BN2O3. The van der Waals surface area contributed by atoms with E-state index < -0.39 is 0 Å². The Morgan fingerprint density at radius 3 is 2.30 bits per heavy atom. The summed E-state index contributed by atoms with van der Waals surface area (Å²) in [6.07, 6.45) is 7.37. The van der Waals surface area contributed by atoms with E-state index in [1.165, 1.54) is 44.3 Å². The second-order valence-electron chi connectivity index (χ2n) is 10.6. The first-order valence-electron chi connectivity index (χ1n) is 13.2. The van der Waals surface area contributed by atoms with Crippen LogP contribution in [0.2, 0.25) is 0 Å². The summed E-state index contributed by atoms with van der Waals surface area (Å²) in [5.41, 5.74) is 1.26. The third-order valence-corrected chi connectivity index (χ3v) is 8.19. The van der Waals surface area contributed by atoms with Crippen LogP contribution in [-0.4, -0.2) is 43.8 Å². The van der Waals surface area contributed by atoms with Crippen molar-refractivity contribution in [1.29, 1.82) is 0 Å². The van der Waals surface area contributed by atoms with Crippen molar-refractivity contribution in [2.24, 2.45) is 17.3 Å². The van der Waals surface area contributed by atoms with Gasteiger partial charge in [0.15, 0.2) is 0 Å². The number of amides is 1. The van der Waals surface area contributed by atoms with Crippen molar-refractivity contribution in [3.05, 3.63) is 35.9 Å². The molecule has 5 fully saturated rings. The SMILES string of the molecule is C1CCNCC1.CC.CC(=O)NC(Cc1ccccc1)B1O[C@@H]2CC3CC(C3(C)C)[C@]2(C)O1. The normalized spacial score (nSPS) is 32.1. The fourth-order valence-corrected chi connectivity index (χ4v) is 6.22. The number of hydrogen-bond acceptors (Lipinski definition) is 4. The molecule has 6 rings (SSSR count). The Bertz CT molecular complexity index is 743. The molecule has 1 amide bonds. The van der Waals surface area contributed by atoms with Gasteiger partial charge in [-0.15, -0.1) is 0 Å². The fourth-order valence-electron chi connectivity index (χ4n) is 6.22. The van der Waals surface area contributed by atoms with Crippen LogP contribution in [0.15, 0.2) is 30.3 Å². The first-order chi connectivity index (χ1) is 15.8. The number of piperidine rings is 1. The maximum absolute atomic E-state index is 11.7. The Balaban J connectivity index is 0.000000329. The highest BCUT2D eigenvalue weighted by molar-refractivity contribution is 6.48. The van der Waals surface area contributed by atoms with Crippen LogP contribution in [0.1, 0.15) is 79.2 Å². The monoisotopic (exact) mass is 456 g/mol. The molecule has 2 bridgehead atoms. The zero-order valence-corrected chi connectivity index (χ0v) is 21.7. The molecule has 184 valence electrons. The first kappa shape index (κ1) is 26.2. The zero-order chi connectivity index (χ0) is 24.1. The molecule has 5 atom stereocenters. The van der Waals surface area contributed by atoms with Gasteiger partial charge in [-0.3, -0.25) is 4.79 Å². The van der Waals surface area contributed by atoms with Crippen LogP contribution in [0.25, 0.3) is 0 Å². The van der Waals surface area contributed by atoms with E-state index in [0.29, 0.717) is 17.8 Å². The minimum Gasteiger partial charge on any atom is -0.404 e. The lowest BCUT2D eigenvalue weighted by Crippen LogP contribution is -2.65. The van der Waals surface area contributed by atoms with Crippen molar-refractivity contribution in [2.45, 2.75) is 97.7 Å². The number of rotatable bonds is 4. The molecule has 2 heterocycles. The lowest BCUT2D eigenvalue weighted by molar-refractivity contribution is -0.199. The van der Waals surface area contributed by atoms with Gasteiger partial charge in [-0.25, -0.2) is 0 Å². The highest BCUT2D eigenvalue weighted by Gasteiger charge is 2.68. The number of benzene rings is 1. The second-order valence-corrected chi connectivity index (χ2v) is 10.6. The Labute approximate surface area is 201 Å². The van der Waals surface area contributed by atoms with Crippen molar-refractivity contribution >= 4 is 13.0 Å². The summed E-state index contributed by atoms with van der Waals surface area (Å²) in [5, 5.41) is 6.34. The highest BCUT2D eigenvalue weighted by Crippen LogP contribution is 2.65. The maximum atomic E-state index is 11.7. The summed E-state index contributed by atoms with van der Waals surface area (Å²) in [4.78, 5) is 11.7. The van der Waals surface area contributed by atoms with Crippen molar-refractivity contribution in [2.75, 3.05) is 13.1 Å². The van der Waals surface area contributed by atoms with Gasteiger partial charge in [0.2, 0.25) is 5.91 Å². The molecule has 5 nitrogen and oxygen atoms in total. The average molecular weight is 456 g/mol. The topological polar surface area (TPSA) is 59.6 Å². The van der Waals surface area contributed by atoms with Crippen molar-refractivity contribution in [3.63, 3.8) is 0 Å². The molecule has 3 aliphatic carbocycles. The van der Waals surface area contributed by atoms with Gasteiger partial charge >= 0.3 is 7.12 Å². The summed E-state index contributed by atoms with van der Waals surface area (Å²) in [6.45, 7) is 15.0. The maximum Gasteiger partial charge on any atom is 0.482 e. The predicted octanol–water partition coefficient (Wildman–Crippen LogP) is 4.79. The minimum absolute atomic E-state index is 0.0437. The van der Waals surface area contributed by atoms with Gasteiger partial charge in [0.1, 0.15) is 0 Å². The largest absolute Gasteiger partial charge is 0.482 e. The third-order valence-electron chi connectivity index (χ3n) is 8.19. The summed E-state index contributed by atoms with van der Waals surface area (Å²) in [6, 6.07) is 10.2. The van der Waals surface area contributed by atoms with Gasteiger partial charge in [-0.05, 0) is 74.9 Å². The van der Waals surface area contributed by atoms with Crippen LogP contribution in [0.4, 0.5) is 0 Å². The van der Waals surface area contributed by atoms with E-state index in [9.17, 15) is 4.79 Å². The summed E-state index contributed by atoms with van der Waals surface area (Å²) < 4.78 is 12.9. The van der Waals surface area contributed by atoms with Crippen LogP contribution in [-0.2, 0) is 20.5 Å². The average Bonchev–Trinajstić information content (AvgIpc) is 3.19. The van der Waals surface area contributed by atoms with Gasteiger partial charge in [-0.1, -0.05) is 64.4 Å². The second kappa shape index (κ2) is 11.4. The van der Waals surface area contributed by atoms with Gasteiger partial charge < -0.3 is 19.9 Å². The molecule has 2 N–H and O–H groups in total. The lowest BCUT2D eigenvalue weighted by Gasteiger charge is -2.64. The van der Waals surface area contributed by atoms with Crippen LogP contribution < -0.4 is 10.6 Å². The molecular weight excluding hydrogens is 411 g/mol. The molecule has 2 aliphatic heterocycles. The predicted molar refractivity (Wildman–Crippen MR) is 136 cm³/mol. The van der Waals surface area contributed by atoms with Gasteiger partial charge in [-0.2, -0.15) is 0 Å². The molecule has 33 heavy (non-hydrogen) atoms. The molecule has 0 radical (unpaired) electrons. The molecule has 3 saturated carbocycles. The fraction of sp³-hybridized carbons (Fsp3) is 0.741. The molecule has 1 aromatic carbocycles.